The van der Waals surface area contributed by atoms with Crippen molar-refractivity contribution in [1.29, 1.82) is 0 Å². The largest absolute Gasteiger partial charge is 0.480 e. The Kier molecular flexibility index (Phi) is 4.08. The van der Waals surface area contributed by atoms with E-state index in [4.69, 9.17) is 9.84 Å². The lowest BCUT2D eigenvalue weighted by Crippen LogP contribution is -2.51. The van der Waals surface area contributed by atoms with Gasteiger partial charge in [-0.2, -0.15) is 0 Å². The van der Waals surface area contributed by atoms with Crippen molar-refractivity contribution in [2.75, 3.05) is 13.7 Å². The smallest absolute Gasteiger partial charge is 0.326 e. The van der Waals surface area contributed by atoms with Crippen LogP contribution in [0, 0.1) is 0 Å². The first-order valence-corrected chi connectivity index (χ1v) is 5.14. The Morgan fingerprint density at radius 2 is 2.13 bits per heavy atom. The molecule has 1 amide bonds. The minimum atomic E-state index is -0.925. The number of hydrogen-bond donors (Lipinski definition) is 1. The molecule has 0 bridgehead atoms. The molecule has 0 radical (unpaired) electrons. The van der Waals surface area contributed by atoms with Crippen molar-refractivity contribution >= 4 is 11.9 Å². The summed E-state index contributed by atoms with van der Waals surface area (Å²) in [5.41, 5.74) is 0. The summed E-state index contributed by atoms with van der Waals surface area (Å²) in [6.07, 6.45) is 1.70. The molecule has 0 aliphatic carbocycles. The van der Waals surface area contributed by atoms with Crippen molar-refractivity contribution < 1.29 is 19.4 Å². The van der Waals surface area contributed by atoms with Crippen LogP contribution in [0.1, 0.15) is 26.2 Å². The van der Waals surface area contributed by atoms with E-state index in [9.17, 15) is 9.59 Å². The summed E-state index contributed by atoms with van der Waals surface area (Å²) in [7, 11) is 1.45. The van der Waals surface area contributed by atoms with Crippen molar-refractivity contribution in [1.82, 2.24) is 4.90 Å². The molecule has 0 spiro atoms. The average Bonchev–Trinajstić information content (AvgIpc) is 2.27. The molecule has 1 aliphatic rings. The second kappa shape index (κ2) is 5.11. The number of nitrogens with zero attached hydrogens (tertiary/aromatic N) is 1. The minimum absolute atomic E-state index is 0.232. The van der Waals surface area contributed by atoms with Crippen LogP contribution in [0.25, 0.3) is 0 Å². The molecule has 2 atom stereocenters. The van der Waals surface area contributed by atoms with Gasteiger partial charge in [0, 0.05) is 13.7 Å². The first kappa shape index (κ1) is 12.0. The van der Waals surface area contributed by atoms with Gasteiger partial charge in [0.05, 0.1) is 0 Å². The maximum atomic E-state index is 11.8. The fraction of sp³-hybridized carbons (Fsp3) is 0.800. The van der Waals surface area contributed by atoms with Crippen LogP contribution in [0.3, 0.4) is 0 Å². The van der Waals surface area contributed by atoms with Crippen LogP contribution < -0.4 is 0 Å². The number of amides is 1. The van der Waals surface area contributed by atoms with Gasteiger partial charge in [-0.05, 0) is 26.2 Å². The van der Waals surface area contributed by atoms with Gasteiger partial charge in [0.2, 0.25) is 0 Å². The summed E-state index contributed by atoms with van der Waals surface area (Å²) in [6.45, 7) is 2.15. The maximum Gasteiger partial charge on any atom is 0.326 e. The predicted molar refractivity (Wildman–Crippen MR) is 53.5 cm³/mol. The zero-order valence-electron chi connectivity index (χ0n) is 9.10. The van der Waals surface area contributed by atoms with Crippen LogP contribution in [0.5, 0.6) is 0 Å². The highest BCUT2D eigenvalue weighted by Crippen LogP contribution is 2.18. The average molecular weight is 215 g/mol. The molecule has 1 saturated heterocycles. The van der Waals surface area contributed by atoms with Gasteiger partial charge in [0.15, 0.2) is 0 Å². The van der Waals surface area contributed by atoms with E-state index in [1.54, 1.807) is 6.92 Å². The van der Waals surface area contributed by atoms with E-state index in [1.807, 2.05) is 0 Å². The number of carboxylic acids is 1. The fourth-order valence-corrected chi connectivity index (χ4v) is 1.79. The number of likely N-dealkylation sites (tertiary alicyclic amines) is 1. The highest BCUT2D eigenvalue weighted by atomic mass is 16.5. The van der Waals surface area contributed by atoms with Crippen molar-refractivity contribution in [3.05, 3.63) is 0 Å². The minimum Gasteiger partial charge on any atom is -0.480 e. The van der Waals surface area contributed by atoms with Gasteiger partial charge in [0.25, 0.3) is 5.91 Å². The normalized spacial score (nSPS) is 23.6. The number of carboxylic acid groups (broad SMARTS) is 1. The van der Waals surface area contributed by atoms with Gasteiger partial charge in [-0.1, -0.05) is 0 Å². The van der Waals surface area contributed by atoms with Gasteiger partial charge in [-0.15, -0.1) is 0 Å². The second-order valence-corrected chi connectivity index (χ2v) is 3.76. The number of rotatable bonds is 3. The molecule has 0 aromatic carbocycles. The summed E-state index contributed by atoms with van der Waals surface area (Å²) in [5, 5.41) is 8.98. The molecule has 1 aliphatic heterocycles. The lowest BCUT2D eigenvalue weighted by atomic mass is 10.0. The molecule has 15 heavy (non-hydrogen) atoms. The van der Waals surface area contributed by atoms with E-state index in [-0.39, 0.29) is 5.91 Å². The Morgan fingerprint density at radius 1 is 1.47 bits per heavy atom. The Balaban J connectivity index is 2.71. The monoisotopic (exact) mass is 215 g/mol. The van der Waals surface area contributed by atoms with Gasteiger partial charge in [0.1, 0.15) is 12.1 Å². The van der Waals surface area contributed by atoms with Crippen LogP contribution >= 0.6 is 0 Å². The van der Waals surface area contributed by atoms with E-state index >= 15 is 0 Å². The van der Waals surface area contributed by atoms with Crippen LogP contribution in [0.2, 0.25) is 0 Å². The number of piperidine rings is 1. The molecular weight excluding hydrogens is 198 g/mol. The topological polar surface area (TPSA) is 66.8 Å². The molecule has 5 nitrogen and oxygen atoms in total. The molecule has 0 saturated carbocycles. The highest BCUT2D eigenvalue weighted by molar-refractivity contribution is 5.86. The number of carbonyl (C=O) groups excluding carboxylic acids is 1. The Bertz CT molecular complexity index is 254. The summed E-state index contributed by atoms with van der Waals surface area (Å²) in [4.78, 5) is 24.1. The molecule has 1 N–H and O–H groups in total. The quantitative estimate of drug-likeness (QED) is 0.744. The number of methoxy groups -OCH3 is 1. The number of carbonyl (C=O) groups is 2. The van der Waals surface area contributed by atoms with Crippen LogP contribution in [0.15, 0.2) is 0 Å². The Hall–Kier alpha value is -1.10. The van der Waals surface area contributed by atoms with E-state index in [2.05, 4.69) is 0 Å². The number of ether oxygens (including phenoxy) is 1. The molecule has 0 aromatic heterocycles. The molecule has 1 fully saturated rings. The predicted octanol–water partition coefficient (Wildman–Crippen LogP) is 0.487. The summed E-state index contributed by atoms with van der Waals surface area (Å²) < 4.78 is 4.91. The zero-order chi connectivity index (χ0) is 11.4. The summed E-state index contributed by atoms with van der Waals surface area (Å²) in [5.74, 6) is -1.16. The number of hydrogen-bond acceptors (Lipinski definition) is 3. The molecular formula is C10H17NO4. The molecule has 5 heteroatoms. The lowest BCUT2D eigenvalue weighted by molar-refractivity contribution is -0.156. The van der Waals surface area contributed by atoms with E-state index in [0.29, 0.717) is 13.0 Å². The standard InChI is InChI=1S/C10H17NO4/c1-7(15-2)9(12)11-6-4-3-5-8(11)10(13)14/h7-8H,3-6H2,1-2H3,(H,13,14)/t7-,8+/m0/s1. The highest BCUT2D eigenvalue weighted by Gasteiger charge is 2.33. The first-order valence-electron chi connectivity index (χ1n) is 5.14. The summed E-state index contributed by atoms with van der Waals surface area (Å²) in [6, 6.07) is -0.677. The first-order chi connectivity index (χ1) is 7.07. The molecule has 1 heterocycles. The van der Waals surface area contributed by atoms with E-state index in [0.717, 1.165) is 12.8 Å². The molecule has 0 unspecified atom stereocenters. The van der Waals surface area contributed by atoms with Crippen LogP contribution in [-0.4, -0.2) is 47.7 Å². The van der Waals surface area contributed by atoms with E-state index in [1.165, 1.54) is 12.0 Å². The van der Waals surface area contributed by atoms with Gasteiger partial charge < -0.3 is 14.7 Å². The van der Waals surface area contributed by atoms with Gasteiger partial charge in [-0.3, -0.25) is 4.79 Å². The van der Waals surface area contributed by atoms with Gasteiger partial charge >= 0.3 is 5.97 Å². The second-order valence-electron chi connectivity index (χ2n) is 3.76. The van der Waals surface area contributed by atoms with Crippen molar-refractivity contribution in [3.63, 3.8) is 0 Å². The third-order valence-corrected chi connectivity index (χ3v) is 2.77. The maximum absolute atomic E-state index is 11.8. The van der Waals surface area contributed by atoms with Crippen molar-refractivity contribution in [2.45, 2.75) is 38.3 Å². The summed E-state index contributed by atoms with van der Waals surface area (Å²) >= 11 is 0. The molecule has 86 valence electrons. The Labute approximate surface area is 89.0 Å². The van der Waals surface area contributed by atoms with Crippen molar-refractivity contribution in [2.24, 2.45) is 0 Å². The molecule has 1 rings (SSSR count). The third-order valence-electron chi connectivity index (χ3n) is 2.77. The Morgan fingerprint density at radius 3 is 2.67 bits per heavy atom. The SMILES string of the molecule is CO[C@@H](C)C(=O)N1CCCC[C@@H]1C(=O)O. The van der Waals surface area contributed by atoms with Crippen LogP contribution in [-0.2, 0) is 14.3 Å². The third kappa shape index (κ3) is 2.68. The van der Waals surface area contributed by atoms with Gasteiger partial charge in [-0.25, -0.2) is 4.79 Å². The van der Waals surface area contributed by atoms with Crippen molar-refractivity contribution in [3.8, 4) is 0 Å². The van der Waals surface area contributed by atoms with Crippen LogP contribution in [0.4, 0.5) is 0 Å². The number of aliphatic carboxylic acids is 1. The fourth-order valence-electron chi connectivity index (χ4n) is 1.79. The lowest BCUT2D eigenvalue weighted by Gasteiger charge is -2.34. The zero-order valence-corrected chi connectivity index (χ0v) is 9.10. The molecule has 0 aromatic rings. The van der Waals surface area contributed by atoms with E-state index < -0.39 is 18.1 Å².